The number of benzene rings is 1. The van der Waals surface area contributed by atoms with Crippen molar-refractivity contribution in [1.82, 2.24) is 10.6 Å². The third kappa shape index (κ3) is 8.05. The molecule has 0 radical (unpaired) electrons. The van der Waals surface area contributed by atoms with Crippen LogP contribution < -0.4 is 15.5 Å². The molecule has 0 amide bonds. The summed E-state index contributed by atoms with van der Waals surface area (Å²) in [6.07, 6.45) is -2.40. The number of ether oxygens (including phenoxy) is 1. The Kier molecular flexibility index (Phi) is 10.4. The molecule has 0 aromatic heterocycles. The molecule has 5 nitrogen and oxygen atoms in total. The number of nitrogens with one attached hydrogen (secondary N) is 2. The predicted octanol–water partition coefficient (Wildman–Crippen LogP) is 3.97. The number of hydrogen-bond donors (Lipinski definition) is 2. The zero-order chi connectivity index (χ0) is 20.8. The Morgan fingerprint density at radius 3 is 2.41 bits per heavy atom. The van der Waals surface area contributed by atoms with E-state index in [9.17, 15) is 13.2 Å². The molecule has 0 bridgehead atoms. The maximum atomic E-state index is 13.6. The van der Waals surface area contributed by atoms with Crippen molar-refractivity contribution in [3.8, 4) is 0 Å². The number of morpholine rings is 1. The van der Waals surface area contributed by atoms with Crippen molar-refractivity contribution in [3.05, 3.63) is 29.3 Å². The van der Waals surface area contributed by atoms with Crippen molar-refractivity contribution in [2.75, 3.05) is 51.1 Å². The van der Waals surface area contributed by atoms with Gasteiger partial charge in [-0.1, -0.05) is 6.07 Å². The van der Waals surface area contributed by atoms with Crippen LogP contribution in [0, 0.1) is 0 Å². The quantitative estimate of drug-likeness (QED) is 0.322. The van der Waals surface area contributed by atoms with E-state index >= 15 is 0 Å². The number of halogens is 4. The fourth-order valence-corrected chi connectivity index (χ4v) is 2.99. The SMILES string of the molecule is CN=C(NCc1ccc(N2CCOCC2)cc1C(F)(F)F)NCC(C)(C)SC.I. The van der Waals surface area contributed by atoms with Gasteiger partial charge >= 0.3 is 6.18 Å². The molecule has 0 saturated carbocycles. The number of aliphatic imine (C=N–C) groups is 1. The lowest BCUT2D eigenvalue weighted by molar-refractivity contribution is -0.138. The summed E-state index contributed by atoms with van der Waals surface area (Å²) in [5.41, 5.74) is 0.143. The summed E-state index contributed by atoms with van der Waals surface area (Å²) in [4.78, 5) is 6.02. The Labute approximate surface area is 192 Å². The molecule has 29 heavy (non-hydrogen) atoms. The summed E-state index contributed by atoms with van der Waals surface area (Å²) in [5.74, 6) is 0.479. The normalized spacial score (nSPS) is 15.7. The van der Waals surface area contributed by atoms with Gasteiger partial charge in [-0.15, -0.1) is 24.0 Å². The van der Waals surface area contributed by atoms with E-state index < -0.39 is 11.7 Å². The molecule has 0 unspecified atom stereocenters. The number of hydrogen-bond acceptors (Lipinski definition) is 4. The van der Waals surface area contributed by atoms with Gasteiger partial charge in [0.2, 0.25) is 0 Å². The van der Waals surface area contributed by atoms with Crippen LogP contribution in [0.25, 0.3) is 0 Å². The number of guanidine groups is 1. The topological polar surface area (TPSA) is 48.9 Å². The first kappa shape index (κ1) is 26.2. The molecular weight excluding hydrogens is 516 g/mol. The Hall–Kier alpha value is -0.880. The number of rotatable bonds is 6. The molecule has 1 aliphatic heterocycles. The summed E-state index contributed by atoms with van der Waals surface area (Å²) in [6, 6.07) is 4.51. The van der Waals surface area contributed by atoms with Gasteiger partial charge in [0, 0.05) is 43.7 Å². The second kappa shape index (κ2) is 11.5. The molecule has 2 rings (SSSR count). The maximum absolute atomic E-state index is 13.6. The number of anilines is 1. The van der Waals surface area contributed by atoms with Gasteiger partial charge in [0.15, 0.2) is 5.96 Å². The minimum Gasteiger partial charge on any atom is -0.378 e. The lowest BCUT2D eigenvalue weighted by Crippen LogP contribution is -2.43. The van der Waals surface area contributed by atoms with Crippen molar-refractivity contribution in [2.24, 2.45) is 4.99 Å². The molecule has 1 aromatic rings. The van der Waals surface area contributed by atoms with Crippen LogP contribution in [-0.2, 0) is 17.5 Å². The Morgan fingerprint density at radius 1 is 1.21 bits per heavy atom. The van der Waals surface area contributed by atoms with Crippen molar-refractivity contribution in [1.29, 1.82) is 0 Å². The first-order chi connectivity index (χ1) is 13.2. The Balaban J connectivity index is 0.00000420. The average molecular weight is 546 g/mol. The largest absolute Gasteiger partial charge is 0.416 e. The number of thioether (sulfide) groups is 1. The van der Waals surface area contributed by atoms with Crippen LogP contribution in [-0.4, -0.2) is 56.9 Å². The third-order valence-electron chi connectivity index (χ3n) is 4.68. The fraction of sp³-hybridized carbons (Fsp3) is 0.632. The van der Waals surface area contributed by atoms with E-state index in [4.69, 9.17) is 4.74 Å². The first-order valence-corrected chi connectivity index (χ1v) is 10.4. The molecule has 1 heterocycles. The fourth-order valence-electron chi connectivity index (χ4n) is 2.77. The van der Waals surface area contributed by atoms with Gasteiger partial charge in [0.25, 0.3) is 0 Å². The molecule has 1 fully saturated rings. The van der Waals surface area contributed by atoms with Gasteiger partial charge in [-0.25, -0.2) is 0 Å². The second-order valence-corrected chi connectivity index (χ2v) is 8.70. The molecule has 1 aromatic carbocycles. The summed E-state index contributed by atoms with van der Waals surface area (Å²) in [6.45, 7) is 7.10. The third-order valence-corrected chi connectivity index (χ3v) is 5.93. The molecule has 0 spiro atoms. The number of alkyl halides is 3. The first-order valence-electron chi connectivity index (χ1n) is 9.19. The van der Waals surface area contributed by atoms with E-state index in [1.807, 2.05) is 11.2 Å². The van der Waals surface area contributed by atoms with E-state index in [1.54, 1.807) is 30.9 Å². The van der Waals surface area contributed by atoms with Crippen LogP contribution in [0.3, 0.4) is 0 Å². The summed E-state index contributed by atoms with van der Waals surface area (Å²) in [7, 11) is 1.60. The van der Waals surface area contributed by atoms with Crippen molar-refractivity contribution >= 4 is 47.4 Å². The van der Waals surface area contributed by atoms with E-state index in [0.717, 1.165) is 0 Å². The molecule has 0 atom stereocenters. The van der Waals surface area contributed by atoms with Crippen LogP contribution in [0.15, 0.2) is 23.2 Å². The smallest absolute Gasteiger partial charge is 0.378 e. The molecule has 1 saturated heterocycles. The van der Waals surface area contributed by atoms with Gasteiger partial charge < -0.3 is 20.3 Å². The van der Waals surface area contributed by atoms with E-state index in [0.29, 0.717) is 44.5 Å². The maximum Gasteiger partial charge on any atom is 0.416 e. The van der Waals surface area contributed by atoms with Crippen LogP contribution in [0.5, 0.6) is 0 Å². The summed E-state index contributed by atoms with van der Waals surface area (Å²) in [5, 5.41) is 6.16. The van der Waals surface area contributed by atoms with Crippen LogP contribution in [0.1, 0.15) is 25.0 Å². The van der Waals surface area contributed by atoms with Crippen molar-refractivity contribution in [3.63, 3.8) is 0 Å². The van der Waals surface area contributed by atoms with Gasteiger partial charge in [-0.2, -0.15) is 24.9 Å². The van der Waals surface area contributed by atoms with E-state index in [1.165, 1.54) is 6.07 Å². The van der Waals surface area contributed by atoms with Gasteiger partial charge in [0.05, 0.1) is 18.8 Å². The highest BCUT2D eigenvalue weighted by Crippen LogP contribution is 2.35. The molecular formula is C19H30F3IN4OS. The van der Waals surface area contributed by atoms with Gasteiger partial charge in [-0.05, 0) is 37.8 Å². The second-order valence-electron chi connectivity index (χ2n) is 7.18. The number of nitrogens with zero attached hydrogens (tertiary/aromatic N) is 2. The molecule has 1 aliphatic rings. The van der Waals surface area contributed by atoms with Crippen molar-refractivity contribution in [2.45, 2.75) is 31.3 Å². The average Bonchev–Trinajstić information content (AvgIpc) is 2.68. The predicted molar refractivity (Wildman–Crippen MR) is 126 cm³/mol. The van der Waals surface area contributed by atoms with Crippen LogP contribution >= 0.6 is 35.7 Å². The minimum absolute atomic E-state index is 0. The van der Waals surface area contributed by atoms with Crippen LogP contribution in [0.4, 0.5) is 18.9 Å². The van der Waals surface area contributed by atoms with Gasteiger partial charge in [-0.3, -0.25) is 4.99 Å². The molecule has 166 valence electrons. The Morgan fingerprint density at radius 2 is 1.86 bits per heavy atom. The lowest BCUT2D eigenvalue weighted by atomic mass is 10.0. The zero-order valence-corrected chi connectivity index (χ0v) is 20.4. The molecule has 10 heteroatoms. The van der Waals surface area contributed by atoms with Gasteiger partial charge in [0.1, 0.15) is 0 Å². The molecule has 2 N–H and O–H groups in total. The highest BCUT2D eigenvalue weighted by Gasteiger charge is 2.34. The van der Waals surface area contributed by atoms with Crippen LogP contribution in [0.2, 0.25) is 0 Å². The monoisotopic (exact) mass is 546 g/mol. The minimum atomic E-state index is -4.42. The van der Waals surface area contributed by atoms with E-state index in [-0.39, 0.29) is 40.8 Å². The van der Waals surface area contributed by atoms with Crippen molar-refractivity contribution < 1.29 is 17.9 Å². The lowest BCUT2D eigenvalue weighted by Gasteiger charge is -2.30. The highest BCUT2D eigenvalue weighted by atomic mass is 127. The highest BCUT2D eigenvalue weighted by molar-refractivity contribution is 14.0. The zero-order valence-electron chi connectivity index (χ0n) is 17.2. The van der Waals surface area contributed by atoms with E-state index in [2.05, 4.69) is 29.5 Å². The standard InChI is InChI=1S/C19H29F3N4OS.HI/c1-18(2,28-4)13-25-17(23-3)24-12-14-5-6-15(11-16(14)19(20,21)22)26-7-9-27-10-8-26;/h5-6,11H,7-10,12-13H2,1-4H3,(H2,23,24,25);1H. The molecule has 0 aliphatic carbocycles. The summed E-state index contributed by atoms with van der Waals surface area (Å²) >= 11 is 1.71. The Bertz CT molecular complexity index is 680. The summed E-state index contributed by atoms with van der Waals surface area (Å²) < 4.78 is 46.2.